The molecule has 0 saturated carbocycles. The van der Waals surface area contributed by atoms with Gasteiger partial charge in [0, 0.05) is 19.5 Å². The third kappa shape index (κ3) is 8.69. The zero-order valence-corrected chi connectivity index (χ0v) is 22.5. The van der Waals surface area contributed by atoms with Crippen molar-refractivity contribution in [2.75, 3.05) is 20.2 Å². The van der Waals surface area contributed by atoms with Crippen molar-refractivity contribution in [1.82, 2.24) is 20.5 Å². The lowest BCUT2D eigenvalue weighted by Gasteiger charge is -2.27. The van der Waals surface area contributed by atoms with Gasteiger partial charge in [-0.2, -0.15) is 0 Å². The molecular formula is C26H38N4O5S. The lowest BCUT2D eigenvalue weighted by Crippen LogP contribution is -2.51. The van der Waals surface area contributed by atoms with E-state index in [0.29, 0.717) is 12.7 Å². The molecule has 2 amide bonds. The molecule has 0 bridgehead atoms. The SMILES string of the molecule is CCOC(=O)NC(CC(C)C)C(=O)N1CC(O)CC1C=O.CNCc1ccc(-c2scnc2C)cc1. The number of hydrogen-bond donors (Lipinski definition) is 3. The molecule has 1 aliphatic rings. The number of aromatic nitrogens is 1. The van der Waals surface area contributed by atoms with Crippen molar-refractivity contribution in [3.63, 3.8) is 0 Å². The molecule has 2 heterocycles. The highest BCUT2D eigenvalue weighted by Crippen LogP contribution is 2.27. The van der Waals surface area contributed by atoms with E-state index in [0.717, 1.165) is 12.2 Å². The number of benzene rings is 1. The van der Waals surface area contributed by atoms with Crippen molar-refractivity contribution in [3.8, 4) is 10.4 Å². The van der Waals surface area contributed by atoms with Crippen LogP contribution in [0.3, 0.4) is 0 Å². The molecule has 198 valence electrons. The number of carbonyl (C=O) groups is 3. The van der Waals surface area contributed by atoms with Crippen LogP contribution >= 0.6 is 11.3 Å². The van der Waals surface area contributed by atoms with Gasteiger partial charge in [-0.1, -0.05) is 38.1 Å². The van der Waals surface area contributed by atoms with Gasteiger partial charge >= 0.3 is 6.09 Å². The predicted molar refractivity (Wildman–Crippen MR) is 141 cm³/mol. The number of aliphatic hydroxyl groups excluding tert-OH is 1. The van der Waals surface area contributed by atoms with Crippen LogP contribution in [0.25, 0.3) is 10.4 Å². The average molecular weight is 519 g/mol. The van der Waals surface area contributed by atoms with E-state index >= 15 is 0 Å². The van der Waals surface area contributed by atoms with Gasteiger partial charge in [0.05, 0.1) is 34.8 Å². The van der Waals surface area contributed by atoms with Crippen LogP contribution in [0, 0.1) is 12.8 Å². The van der Waals surface area contributed by atoms with Gasteiger partial charge in [0.25, 0.3) is 0 Å². The fraction of sp³-hybridized carbons (Fsp3) is 0.538. The van der Waals surface area contributed by atoms with Crippen molar-refractivity contribution in [2.45, 2.75) is 65.3 Å². The summed E-state index contributed by atoms with van der Waals surface area (Å²) in [6, 6.07) is 7.25. The molecule has 1 aromatic heterocycles. The van der Waals surface area contributed by atoms with E-state index < -0.39 is 24.3 Å². The third-order valence-electron chi connectivity index (χ3n) is 5.68. The lowest BCUT2D eigenvalue weighted by molar-refractivity contribution is -0.137. The van der Waals surface area contributed by atoms with Crippen LogP contribution < -0.4 is 10.6 Å². The molecule has 1 aliphatic heterocycles. The molecule has 36 heavy (non-hydrogen) atoms. The first-order valence-electron chi connectivity index (χ1n) is 12.2. The molecule has 1 aromatic carbocycles. The van der Waals surface area contributed by atoms with Gasteiger partial charge in [0.1, 0.15) is 12.3 Å². The molecule has 10 heteroatoms. The topological polar surface area (TPSA) is 121 Å². The number of rotatable bonds is 9. The van der Waals surface area contributed by atoms with Gasteiger partial charge in [-0.05, 0) is 44.4 Å². The molecule has 3 unspecified atom stereocenters. The smallest absolute Gasteiger partial charge is 0.407 e. The Morgan fingerprint density at radius 2 is 2.00 bits per heavy atom. The Hall–Kier alpha value is -2.82. The van der Waals surface area contributed by atoms with Crippen molar-refractivity contribution in [3.05, 3.63) is 41.0 Å². The summed E-state index contributed by atoms with van der Waals surface area (Å²) in [4.78, 5) is 41.9. The van der Waals surface area contributed by atoms with Gasteiger partial charge in [-0.25, -0.2) is 9.78 Å². The van der Waals surface area contributed by atoms with E-state index in [9.17, 15) is 19.5 Å². The number of amides is 2. The second kappa shape index (κ2) is 14.7. The Kier molecular flexibility index (Phi) is 12.0. The number of thiazole rings is 1. The van der Waals surface area contributed by atoms with E-state index in [1.54, 1.807) is 18.3 Å². The largest absolute Gasteiger partial charge is 0.450 e. The maximum atomic E-state index is 12.5. The van der Waals surface area contributed by atoms with E-state index in [1.807, 2.05) is 33.3 Å². The first-order valence-corrected chi connectivity index (χ1v) is 13.1. The van der Waals surface area contributed by atoms with Gasteiger partial charge < -0.3 is 30.2 Å². The molecule has 1 saturated heterocycles. The van der Waals surface area contributed by atoms with Crippen molar-refractivity contribution in [1.29, 1.82) is 0 Å². The fourth-order valence-corrected chi connectivity index (χ4v) is 4.80. The first-order chi connectivity index (χ1) is 17.2. The number of alkyl carbamates (subject to hydrolysis) is 1. The summed E-state index contributed by atoms with van der Waals surface area (Å²) in [6.45, 7) is 8.84. The van der Waals surface area contributed by atoms with E-state index in [2.05, 4.69) is 39.9 Å². The molecule has 0 aliphatic carbocycles. The lowest BCUT2D eigenvalue weighted by atomic mass is 10.0. The van der Waals surface area contributed by atoms with E-state index in [-0.39, 0.29) is 31.4 Å². The molecule has 3 rings (SSSR count). The number of likely N-dealkylation sites (tertiary alicyclic amines) is 1. The van der Waals surface area contributed by atoms with Crippen LogP contribution in [0.1, 0.15) is 44.9 Å². The minimum absolute atomic E-state index is 0.112. The molecule has 1 fully saturated rings. The zero-order valence-electron chi connectivity index (χ0n) is 21.7. The van der Waals surface area contributed by atoms with Crippen molar-refractivity contribution < 1.29 is 24.2 Å². The third-order valence-corrected chi connectivity index (χ3v) is 6.65. The van der Waals surface area contributed by atoms with Gasteiger partial charge in [0.15, 0.2) is 0 Å². The number of aryl methyl sites for hydroxylation is 1. The Labute approximate surface area is 217 Å². The molecule has 3 atom stereocenters. The number of ether oxygens (including phenoxy) is 1. The summed E-state index contributed by atoms with van der Waals surface area (Å²) in [7, 11) is 1.96. The summed E-state index contributed by atoms with van der Waals surface area (Å²) in [6.07, 6.45) is -0.0191. The van der Waals surface area contributed by atoms with Gasteiger partial charge in [-0.15, -0.1) is 11.3 Å². The van der Waals surface area contributed by atoms with E-state index in [4.69, 9.17) is 4.74 Å². The Morgan fingerprint density at radius 3 is 2.53 bits per heavy atom. The second-order valence-electron chi connectivity index (χ2n) is 9.12. The normalized spacial score (nSPS) is 17.8. The van der Waals surface area contributed by atoms with Crippen LogP contribution in [0.2, 0.25) is 0 Å². The number of aliphatic hydroxyl groups is 1. The molecule has 0 radical (unpaired) electrons. The summed E-state index contributed by atoms with van der Waals surface area (Å²) in [5, 5.41) is 15.3. The monoisotopic (exact) mass is 518 g/mol. The quantitative estimate of drug-likeness (QED) is 0.436. The summed E-state index contributed by atoms with van der Waals surface area (Å²) in [5.74, 6) is -0.173. The van der Waals surface area contributed by atoms with Gasteiger partial charge in [0.2, 0.25) is 5.91 Å². The van der Waals surface area contributed by atoms with Gasteiger partial charge in [-0.3, -0.25) is 4.79 Å². The number of carbonyl (C=O) groups excluding carboxylic acids is 3. The standard InChI is InChI=1S/C14H24N2O5.C12H14N2S/c1-4-21-14(20)15-12(5-9(2)3)13(19)16-7-11(18)6-10(16)8-17;1-9-12(15-8-14-9)11-5-3-10(4-6-11)7-13-2/h8-12,18H,4-7H2,1-3H3,(H,15,20);3-6,8,13H,7H2,1-2H3. The van der Waals surface area contributed by atoms with Crippen LogP contribution in [0.5, 0.6) is 0 Å². The summed E-state index contributed by atoms with van der Waals surface area (Å²) >= 11 is 1.70. The Balaban J connectivity index is 0.000000267. The highest BCUT2D eigenvalue weighted by atomic mass is 32.1. The molecule has 2 aromatic rings. The van der Waals surface area contributed by atoms with Crippen LogP contribution in [-0.2, 0) is 20.9 Å². The van der Waals surface area contributed by atoms with Crippen molar-refractivity contribution in [2.24, 2.45) is 5.92 Å². The molecule has 0 spiro atoms. The maximum Gasteiger partial charge on any atom is 0.407 e. The maximum absolute atomic E-state index is 12.5. The number of hydrogen-bond acceptors (Lipinski definition) is 8. The molecule has 9 nitrogen and oxygen atoms in total. The zero-order chi connectivity index (χ0) is 26.7. The minimum Gasteiger partial charge on any atom is -0.450 e. The molecule has 3 N–H and O–H groups in total. The minimum atomic E-state index is -0.753. The number of aldehydes is 1. The number of nitrogens with zero attached hydrogens (tertiary/aromatic N) is 2. The highest BCUT2D eigenvalue weighted by Gasteiger charge is 2.37. The molecular weight excluding hydrogens is 480 g/mol. The Morgan fingerprint density at radius 1 is 1.31 bits per heavy atom. The average Bonchev–Trinajstić information content (AvgIpc) is 3.44. The highest BCUT2D eigenvalue weighted by molar-refractivity contribution is 7.13. The van der Waals surface area contributed by atoms with Crippen LogP contribution in [-0.4, -0.2) is 71.7 Å². The number of nitrogens with one attached hydrogen (secondary N) is 2. The summed E-state index contributed by atoms with van der Waals surface area (Å²) < 4.78 is 4.80. The fourth-order valence-electron chi connectivity index (χ4n) is 3.99. The van der Waals surface area contributed by atoms with Crippen LogP contribution in [0.4, 0.5) is 4.79 Å². The Bertz CT molecular complexity index is 979. The number of β-amino-alcohol motifs (C(OH)–C–C–N with tert-alkyl or cyclic N) is 1. The van der Waals surface area contributed by atoms with Crippen molar-refractivity contribution >= 4 is 29.6 Å². The predicted octanol–water partition coefficient (Wildman–Crippen LogP) is 3.15. The summed E-state index contributed by atoms with van der Waals surface area (Å²) in [5.41, 5.74) is 5.58. The van der Waals surface area contributed by atoms with E-state index in [1.165, 1.54) is 20.9 Å². The second-order valence-corrected chi connectivity index (χ2v) is 9.98. The van der Waals surface area contributed by atoms with Crippen LogP contribution in [0.15, 0.2) is 29.8 Å². The first kappa shape index (κ1) is 29.4.